The van der Waals surface area contributed by atoms with E-state index in [2.05, 4.69) is 49.0 Å². The van der Waals surface area contributed by atoms with Gasteiger partial charge in [0.05, 0.1) is 0 Å². The largest absolute Gasteiger partial charge is 0.349 e. The molecule has 0 fully saturated rings. The van der Waals surface area contributed by atoms with E-state index >= 15 is 0 Å². The van der Waals surface area contributed by atoms with E-state index in [4.69, 9.17) is 5.73 Å². The lowest BCUT2D eigenvalue weighted by molar-refractivity contribution is 0.573. The van der Waals surface area contributed by atoms with E-state index in [1.807, 2.05) is 0 Å². The lowest BCUT2D eigenvalue weighted by Crippen LogP contribution is -2.15. The molecule has 19 heavy (non-hydrogen) atoms. The average Bonchev–Trinajstić information content (AvgIpc) is 2.78. The number of nitrogens with two attached hydrogens (primary N) is 1. The van der Waals surface area contributed by atoms with Gasteiger partial charge in [0, 0.05) is 25.0 Å². The highest BCUT2D eigenvalue weighted by Gasteiger charge is 2.18. The van der Waals surface area contributed by atoms with Crippen LogP contribution in [0.4, 0.5) is 0 Å². The summed E-state index contributed by atoms with van der Waals surface area (Å²) >= 11 is 0. The second-order valence-corrected chi connectivity index (χ2v) is 5.78. The normalized spacial score (nSPS) is 18.4. The first-order chi connectivity index (χ1) is 9.15. The monoisotopic (exact) mass is 254 g/mol. The Labute approximate surface area is 115 Å². The molecule has 0 spiro atoms. The molecule has 0 radical (unpaired) electrons. The first kappa shape index (κ1) is 12.5. The zero-order valence-corrected chi connectivity index (χ0v) is 11.8. The first-order valence-corrected chi connectivity index (χ1v) is 7.14. The van der Waals surface area contributed by atoms with Crippen molar-refractivity contribution in [3.8, 4) is 0 Å². The summed E-state index contributed by atoms with van der Waals surface area (Å²) in [4.78, 5) is 0. The standard InChI is InChI=1S/C17H22N2/c1-12-5-3-6-13(2)15(12)10-19-9-14-7-4-8-17(18)16(14)11-19/h3,5-6,9,11,17H,4,7-8,10,18H2,1-2H3. The number of nitrogens with zero attached hydrogens (tertiary/aromatic N) is 1. The van der Waals surface area contributed by atoms with E-state index in [-0.39, 0.29) is 6.04 Å². The van der Waals surface area contributed by atoms with Crippen molar-refractivity contribution in [3.05, 3.63) is 58.4 Å². The van der Waals surface area contributed by atoms with Crippen LogP contribution in [0.5, 0.6) is 0 Å². The second-order valence-electron chi connectivity index (χ2n) is 5.78. The van der Waals surface area contributed by atoms with Crippen molar-refractivity contribution in [2.45, 2.75) is 45.7 Å². The molecular weight excluding hydrogens is 232 g/mol. The predicted octanol–water partition coefficient (Wildman–Crippen LogP) is 3.49. The van der Waals surface area contributed by atoms with Crippen LogP contribution in [0.1, 0.15) is 46.7 Å². The zero-order chi connectivity index (χ0) is 13.4. The fraction of sp³-hybridized carbons (Fsp3) is 0.412. The molecule has 0 saturated heterocycles. The molecule has 2 nitrogen and oxygen atoms in total. The van der Waals surface area contributed by atoms with E-state index in [0.717, 1.165) is 13.0 Å². The van der Waals surface area contributed by atoms with Crippen LogP contribution in [0, 0.1) is 13.8 Å². The van der Waals surface area contributed by atoms with Crippen LogP contribution >= 0.6 is 0 Å². The number of aryl methyl sites for hydroxylation is 3. The third kappa shape index (κ3) is 2.33. The Morgan fingerprint density at radius 1 is 1.21 bits per heavy atom. The number of rotatable bonds is 2. The highest BCUT2D eigenvalue weighted by molar-refractivity contribution is 5.35. The predicted molar refractivity (Wildman–Crippen MR) is 79.3 cm³/mol. The first-order valence-electron chi connectivity index (χ1n) is 7.14. The summed E-state index contributed by atoms with van der Waals surface area (Å²) in [5.74, 6) is 0. The van der Waals surface area contributed by atoms with Crippen LogP contribution in [-0.2, 0) is 13.0 Å². The summed E-state index contributed by atoms with van der Waals surface area (Å²) in [6.45, 7) is 5.34. The Hall–Kier alpha value is -1.54. The highest BCUT2D eigenvalue weighted by atomic mass is 14.9. The summed E-state index contributed by atoms with van der Waals surface area (Å²) in [6.07, 6.45) is 8.08. The number of aromatic nitrogens is 1. The Kier molecular flexibility index (Phi) is 3.19. The molecule has 0 aliphatic heterocycles. The maximum atomic E-state index is 6.20. The zero-order valence-electron chi connectivity index (χ0n) is 11.8. The average molecular weight is 254 g/mol. The van der Waals surface area contributed by atoms with Crippen molar-refractivity contribution in [1.82, 2.24) is 4.57 Å². The summed E-state index contributed by atoms with van der Waals surface area (Å²) in [7, 11) is 0. The summed E-state index contributed by atoms with van der Waals surface area (Å²) in [6, 6.07) is 6.75. The second kappa shape index (κ2) is 4.86. The van der Waals surface area contributed by atoms with E-state index < -0.39 is 0 Å². The number of benzene rings is 1. The molecule has 2 aromatic rings. The molecule has 3 rings (SSSR count). The van der Waals surface area contributed by atoms with Gasteiger partial charge in [-0.2, -0.15) is 0 Å². The van der Waals surface area contributed by atoms with Crippen LogP contribution in [0.2, 0.25) is 0 Å². The van der Waals surface area contributed by atoms with Gasteiger partial charge >= 0.3 is 0 Å². The Morgan fingerprint density at radius 3 is 2.63 bits per heavy atom. The van der Waals surface area contributed by atoms with E-state index in [0.29, 0.717) is 0 Å². The molecule has 1 aliphatic rings. The third-order valence-corrected chi connectivity index (χ3v) is 4.34. The molecule has 0 amide bonds. The van der Waals surface area contributed by atoms with Crippen molar-refractivity contribution < 1.29 is 0 Å². The van der Waals surface area contributed by atoms with Gasteiger partial charge in [-0.3, -0.25) is 0 Å². The fourth-order valence-electron chi connectivity index (χ4n) is 3.16. The minimum atomic E-state index is 0.239. The molecule has 1 aliphatic carbocycles. The van der Waals surface area contributed by atoms with Crippen LogP contribution < -0.4 is 5.73 Å². The van der Waals surface area contributed by atoms with Crippen molar-refractivity contribution in [2.24, 2.45) is 5.73 Å². The highest BCUT2D eigenvalue weighted by Crippen LogP contribution is 2.29. The molecule has 1 atom stereocenters. The third-order valence-electron chi connectivity index (χ3n) is 4.34. The van der Waals surface area contributed by atoms with Crippen molar-refractivity contribution in [1.29, 1.82) is 0 Å². The summed E-state index contributed by atoms with van der Waals surface area (Å²) < 4.78 is 2.31. The van der Waals surface area contributed by atoms with Gasteiger partial charge in [-0.05, 0) is 60.9 Å². The molecular formula is C17H22N2. The minimum Gasteiger partial charge on any atom is -0.349 e. The fourth-order valence-corrected chi connectivity index (χ4v) is 3.16. The van der Waals surface area contributed by atoms with E-state index in [9.17, 15) is 0 Å². The minimum absolute atomic E-state index is 0.239. The topological polar surface area (TPSA) is 30.9 Å². The van der Waals surface area contributed by atoms with Crippen molar-refractivity contribution in [2.75, 3.05) is 0 Å². The van der Waals surface area contributed by atoms with Crippen LogP contribution in [0.25, 0.3) is 0 Å². The molecule has 1 heterocycles. The molecule has 1 unspecified atom stereocenters. The SMILES string of the molecule is Cc1cccc(C)c1Cn1cc2c(c1)C(N)CCC2. The molecule has 0 bridgehead atoms. The van der Waals surface area contributed by atoms with Gasteiger partial charge in [0.2, 0.25) is 0 Å². The number of hydrogen-bond acceptors (Lipinski definition) is 1. The lowest BCUT2D eigenvalue weighted by atomic mass is 9.92. The summed E-state index contributed by atoms with van der Waals surface area (Å²) in [5.41, 5.74) is 13.2. The quantitative estimate of drug-likeness (QED) is 0.874. The maximum Gasteiger partial charge on any atom is 0.0475 e. The van der Waals surface area contributed by atoms with E-state index in [1.165, 1.54) is 40.7 Å². The molecule has 2 N–H and O–H groups in total. The van der Waals surface area contributed by atoms with Crippen LogP contribution in [-0.4, -0.2) is 4.57 Å². The van der Waals surface area contributed by atoms with Gasteiger partial charge in [0.25, 0.3) is 0 Å². The molecule has 100 valence electrons. The van der Waals surface area contributed by atoms with Crippen molar-refractivity contribution in [3.63, 3.8) is 0 Å². The van der Waals surface area contributed by atoms with E-state index in [1.54, 1.807) is 0 Å². The summed E-state index contributed by atoms with van der Waals surface area (Å²) in [5, 5.41) is 0. The van der Waals surface area contributed by atoms with Gasteiger partial charge in [0.15, 0.2) is 0 Å². The molecule has 1 aromatic carbocycles. The molecule has 0 saturated carbocycles. The van der Waals surface area contributed by atoms with Crippen molar-refractivity contribution >= 4 is 0 Å². The van der Waals surface area contributed by atoms with Gasteiger partial charge in [-0.1, -0.05) is 18.2 Å². The Bertz CT molecular complexity index is 575. The maximum absolute atomic E-state index is 6.20. The van der Waals surface area contributed by atoms with Crippen LogP contribution in [0.3, 0.4) is 0 Å². The van der Waals surface area contributed by atoms with Crippen LogP contribution in [0.15, 0.2) is 30.6 Å². The smallest absolute Gasteiger partial charge is 0.0475 e. The molecule has 2 heteroatoms. The number of hydrogen-bond donors (Lipinski definition) is 1. The van der Waals surface area contributed by atoms with Gasteiger partial charge in [-0.25, -0.2) is 0 Å². The lowest BCUT2D eigenvalue weighted by Gasteiger charge is -2.17. The Morgan fingerprint density at radius 2 is 1.95 bits per heavy atom. The Balaban J connectivity index is 1.92. The van der Waals surface area contributed by atoms with Gasteiger partial charge < -0.3 is 10.3 Å². The molecule has 1 aromatic heterocycles. The number of fused-ring (bicyclic) bond motifs is 1. The van der Waals surface area contributed by atoms with Gasteiger partial charge in [-0.15, -0.1) is 0 Å². The van der Waals surface area contributed by atoms with Gasteiger partial charge in [0.1, 0.15) is 0 Å².